The summed E-state index contributed by atoms with van der Waals surface area (Å²) < 4.78 is 5.60. The number of carbonyl (C=O) groups is 1. The quantitative estimate of drug-likeness (QED) is 0.845. The van der Waals surface area contributed by atoms with Crippen molar-refractivity contribution >= 4 is 5.91 Å². The number of likely N-dealkylation sites (tertiary alicyclic amines) is 1. The number of nitrogens with zero attached hydrogens (tertiary/aromatic N) is 2. The molecule has 4 nitrogen and oxygen atoms in total. The van der Waals surface area contributed by atoms with Crippen LogP contribution in [-0.4, -0.2) is 35.0 Å². The minimum absolute atomic E-state index is 0.137. The molecule has 1 aliphatic heterocycles. The Kier molecular flexibility index (Phi) is 2.90. The third-order valence-electron chi connectivity index (χ3n) is 4.82. The zero-order valence-corrected chi connectivity index (χ0v) is 11.6. The average molecular weight is 272 g/mol. The summed E-state index contributed by atoms with van der Waals surface area (Å²) in [7, 11) is 0. The number of amides is 1. The first-order valence-corrected chi connectivity index (χ1v) is 7.69. The van der Waals surface area contributed by atoms with Crippen LogP contribution < -0.4 is 4.74 Å². The number of hydrogen-bond acceptors (Lipinski definition) is 3. The predicted molar refractivity (Wildman–Crippen MR) is 74.6 cm³/mol. The molecule has 1 saturated heterocycles. The van der Waals surface area contributed by atoms with E-state index >= 15 is 0 Å². The van der Waals surface area contributed by atoms with Crippen molar-refractivity contribution in [3.05, 3.63) is 23.9 Å². The van der Waals surface area contributed by atoms with Gasteiger partial charge in [0.1, 0.15) is 0 Å². The molecule has 2 bridgehead atoms. The molecule has 2 atom stereocenters. The van der Waals surface area contributed by atoms with E-state index in [1.165, 1.54) is 32.1 Å². The highest BCUT2D eigenvalue weighted by atomic mass is 16.5. The van der Waals surface area contributed by atoms with Crippen LogP contribution in [0.4, 0.5) is 0 Å². The molecule has 2 saturated carbocycles. The fourth-order valence-corrected chi connectivity index (χ4v) is 3.42. The second kappa shape index (κ2) is 4.76. The standard InChI is InChI=1S/C16H20N2O2/c19-16(18-9-12-3-5-14(18)7-12)13-4-6-15(17-8-13)20-10-11-1-2-11/h4,6,8,11-12,14H,1-3,5,7,9-10H2/t12-,14+/m0/s1. The zero-order valence-electron chi connectivity index (χ0n) is 11.6. The molecule has 4 heteroatoms. The van der Waals surface area contributed by atoms with Crippen molar-refractivity contribution in [2.45, 2.75) is 38.1 Å². The summed E-state index contributed by atoms with van der Waals surface area (Å²) in [6, 6.07) is 4.14. The van der Waals surface area contributed by atoms with E-state index in [1.807, 2.05) is 17.0 Å². The molecule has 0 aromatic carbocycles. The van der Waals surface area contributed by atoms with Gasteiger partial charge in [0.25, 0.3) is 5.91 Å². The number of hydrogen-bond donors (Lipinski definition) is 0. The normalized spacial score (nSPS) is 27.9. The van der Waals surface area contributed by atoms with Gasteiger partial charge in [-0.25, -0.2) is 4.98 Å². The van der Waals surface area contributed by atoms with Crippen molar-refractivity contribution < 1.29 is 9.53 Å². The van der Waals surface area contributed by atoms with Crippen molar-refractivity contribution in [3.63, 3.8) is 0 Å². The van der Waals surface area contributed by atoms with E-state index in [4.69, 9.17) is 4.74 Å². The first-order chi connectivity index (χ1) is 9.79. The Hall–Kier alpha value is -1.58. The van der Waals surface area contributed by atoms with Gasteiger partial charge in [-0.05, 0) is 50.0 Å². The predicted octanol–water partition coefficient (Wildman–Crippen LogP) is 2.49. The van der Waals surface area contributed by atoms with Gasteiger partial charge < -0.3 is 9.64 Å². The maximum Gasteiger partial charge on any atom is 0.255 e. The van der Waals surface area contributed by atoms with Crippen molar-refractivity contribution in [2.75, 3.05) is 13.2 Å². The smallest absolute Gasteiger partial charge is 0.255 e. The summed E-state index contributed by atoms with van der Waals surface area (Å²) in [6.07, 6.45) is 7.87. The van der Waals surface area contributed by atoms with Gasteiger partial charge in [0.05, 0.1) is 12.2 Å². The van der Waals surface area contributed by atoms with E-state index in [1.54, 1.807) is 6.20 Å². The fraction of sp³-hybridized carbons (Fsp3) is 0.625. The molecule has 2 heterocycles. The molecular formula is C16H20N2O2. The molecule has 0 radical (unpaired) electrons. The monoisotopic (exact) mass is 272 g/mol. The summed E-state index contributed by atoms with van der Waals surface area (Å²) in [5, 5.41) is 0. The number of ether oxygens (including phenoxy) is 1. The minimum atomic E-state index is 0.137. The Labute approximate surface area is 119 Å². The highest BCUT2D eigenvalue weighted by Gasteiger charge is 2.40. The fourth-order valence-electron chi connectivity index (χ4n) is 3.42. The second-order valence-corrected chi connectivity index (χ2v) is 6.43. The summed E-state index contributed by atoms with van der Waals surface area (Å²) in [4.78, 5) is 18.8. The molecular weight excluding hydrogens is 252 g/mol. The second-order valence-electron chi connectivity index (χ2n) is 6.43. The number of piperidine rings is 1. The first-order valence-electron chi connectivity index (χ1n) is 7.69. The highest BCUT2D eigenvalue weighted by Crippen LogP contribution is 2.38. The molecule has 2 aliphatic carbocycles. The topological polar surface area (TPSA) is 42.4 Å². The van der Waals surface area contributed by atoms with Gasteiger partial charge in [-0.3, -0.25) is 4.79 Å². The Balaban J connectivity index is 1.41. The first kappa shape index (κ1) is 12.2. The lowest BCUT2D eigenvalue weighted by Crippen LogP contribution is -2.37. The molecule has 1 amide bonds. The van der Waals surface area contributed by atoms with Crippen LogP contribution in [0.5, 0.6) is 5.88 Å². The molecule has 1 aromatic heterocycles. The van der Waals surface area contributed by atoms with Crippen LogP contribution in [0, 0.1) is 11.8 Å². The Bertz CT molecular complexity index is 510. The lowest BCUT2D eigenvalue weighted by molar-refractivity contribution is 0.0703. The van der Waals surface area contributed by atoms with E-state index < -0.39 is 0 Å². The van der Waals surface area contributed by atoms with E-state index in [9.17, 15) is 4.79 Å². The van der Waals surface area contributed by atoms with Gasteiger partial charge in [-0.1, -0.05) is 0 Å². The Morgan fingerprint density at radius 3 is 2.80 bits per heavy atom. The maximum atomic E-state index is 12.5. The lowest BCUT2D eigenvalue weighted by Gasteiger charge is -2.26. The van der Waals surface area contributed by atoms with Gasteiger partial charge in [0.15, 0.2) is 0 Å². The summed E-state index contributed by atoms with van der Waals surface area (Å²) in [6.45, 7) is 1.69. The number of rotatable bonds is 4. The third kappa shape index (κ3) is 2.28. The van der Waals surface area contributed by atoms with Crippen molar-refractivity contribution in [1.82, 2.24) is 9.88 Å². The van der Waals surface area contributed by atoms with Crippen molar-refractivity contribution in [2.24, 2.45) is 11.8 Å². The maximum absolute atomic E-state index is 12.5. The molecule has 0 N–H and O–H groups in total. The summed E-state index contributed by atoms with van der Waals surface area (Å²) >= 11 is 0. The van der Waals surface area contributed by atoms with E-state index in [-0.39, 0.29) is 5.91 Å². The number of aromatic nitrogens is 1. The zero-order chi connectivity index (χ0) is 13.5. The van der Waals surface area contributed by atoms with Gasteiger partial charge in [-0.15, -0.1) is 0 Å². The third-order valence-corrected chi connectivity index (χ3v) is 4.82. The molecule has 3 fully saturated rings. The van der Waals surface area contributed by atoms with Crippen molar-refractivity contribution in [3.8, 4) is 5.88 Å². The molecule has 1 aromatic rings. The van der Waals surface area contributed by atoms with E-state index in [2.05, 4.69) is 4.98 Å². The van der Waals surface area contributed by atoms with Crippen LogP contribution in [-0.2, 0) is 0 Å². The molecule has 3 aliphatic rings. The minimum Gasteiger partial charge on any atom is -0.477 e. The lowest BCUT2D eigenvalue weighted by atomic mass is 10.1. The molecule has 106 valence electrons. The van der Waals surface area contributed by atoms with Gasteiger partial charge in [-0.2, -0.15) is 0 Å². The highest BCUT2D eigenvalue weighted by molar-refractivity contribution is 5.94. The Morgan fingerprint density at radius 2 is 2.20 bits per heavy atom. The molecule has 0 unspecified atom stereocenters. The van der Waals surface area contributed by atoms with Gasteiger partial charge in [0, 0.05) is 24.8 Å². The number of pyridine rings is 1. The largest absolute Gasteiger partial charge is 0.477 e. The van der Waals surface area contributed by atoms with Crippen LogP contribution in [0.25, 0.3) is 0 Å². The van der Waals surface area contributed by atoms with E-state index in [0.29, 0.717) is 17.5 Å². The van der Waals surface area contributed by atoms with E-state index in [0.717, 1.165) is 25.0 Å². The summed E-state index contributed by atoms with van der Waals surface area (Å²) in [5.74, 6) is 2.23. The molecule has 4 rings (SSSR count). The molecule has 0 spiro atoms. The van der Waals surface area contributed by atoms with Crippen LogP contribution in [0.1, 0.15) is 42.5 Å². The van der Waals surface area contributed by atoms with Crippen LogP contribution in [0.2, 0.25) is 0 Å². The Morgan fingerprint density at radius 1 is 1.30 bits per heavy atom. The van der Waals surface area contributed by atoms with Gasteiger partial charge >= 0.3 is 0 Å². The summed E-state index contributed by atoms with van der Waals surface area (Å²) in [5.41, 5.74) is 0.691. The molecule has 20 heavy (non-hydrogen) atoms. The average Bonchev–Trinajstić information content (AvgIpc) is 3.08. The van der Waals surface area contributed by atoms with Crippen LogP contribution in [0.15, 0.2) is 18.3 Å². The van der Waals surface area contributed by atoms with Crippen LogP contribution in [0.3, 0.4) is 0 Å². The van der Waals surface area contributed by atoms with Crippen molar-refractivity contribution in [1.29, 1.82) is 0 Å². The SMILES string of the molecule is O=C(c1ccc(OCC2CC2)nc1)N1C[C@H]2CC[C@@H]1C2. The number of fused-ring (bicyclic) bond motifs is 2. The van der Waals surface area contributed by atoms with Crippen LogP contribution >= 0.6 is 0 Å². The van der Waals surface area contributed by atoms with Gasteiger partial charge in [0.2, 0.25) is 5.88 Å². The number of carbonyl (C=O) groups excluding carboxylic acids is 1.